The number of hydrogen-bond acceptors (Lipinski definition) is 5. The Morgan fingerprint density at radius 3 is 2.43 bits per heavy atom. The number of aryl methyl sites for hydroxylation is 2. The zero-order valence-corrected chi connectivity index (χ0v) is 22.2. The van der Waals surface area contributed by atoms with Crippen LogP contribution in [0, 0.1) is 13.8 Å². The Hall–Kier alpha value is -3.07. The van der Waals surface area contributed by atoms with Gasteiger partial charge in [0.05, 0.1) is 17.8 Å². The third-order valence-electron chi connectivity index (χ3n) is 4.89. The first-order chi connectivity index (χ1) is 16.7. The van der Waals surface area contributed by atoms with Crippen molar-refractivity contribution in [2.45, 2.75) is 20.5 Å². The Bertz CT molecular complexity index is 1280. The van der Waals surface area contributed by atoms with Crippen molar-refractivity contribution in [1.82, 2.24) is 5.43 Å². The van der Waals surface area contributed by atoms with E-state index in [1.165, 1.54) is 13.3 Å². The molecule has 0 saturated carbocycles. The Labute approximate surface area is 221 Å². The molecule has 0 unspecified atom stereocenters. The molecule has 0 saturated heterocycles. The van der Waals surface area contributed by atoms with E-state index < -0.39 is 11.8 Å². The molecule has 182 valence electrons. The van der Waals surface area contributed by atoms with Gasteiger partial charge in [-0.2, -0.15) is 5.10 Å². The number of amides is 2. The molecule has 0 radical (unpaired) electrons. The van der Waals surface area contributed by atoms with Crippen molar-refractivity contribution in [2.24, 2.45) is 5.10 Å². The number of rotatable bonds is 7. The molecule has 0 bridgehead atoms. The number of benzene rings is 3. The molecular formula is C25H22BrCl2N3O4. The van der Waals surface area contributed by atoms with Crippen LogP contribution in [-0.2, 0) is 16.2 Å². The quantitative estimate of drug-likeness (QED) is 0.203. The number of carbonyl (C=O) groups excluding carboxylic acids is 2. The number of hydrazone groups is 1. The van der Waals surface area contributed by atoms with Crippen LogP contribution in [0.25, 0.3) is 0 Å². The van der Waals surface area contributed by atoms with Gasteiger partial charge in [-0.15, -0.1) is 0 Å². The van der Waals surface area contributed by atoms with E-state index in [4.69, 9.17) is 32.7 Å². The van der Waals surface area contributed by atoms with Gasteiger partial charge in [0.2, 0.25) is 0 Å². The molecule has 35 heavy (non-hydrogen) atoms. The van der Waals surface area contributed by atoms with Crippen molar-refractivity contribution in [2.75, 3.05) is 12.4 Å². The lowest BCUT2D eigenvalue weighted by Crippen LogP contribution is -2.32. The maximum absolute atomic E-state index is 12.2. The molecule has 3 rings (SSSR count). The van der Waals surface area contributed by atoms with Crippen LogP contribution in [0.3, 0.4) is 0 Å². The van der Waals surface area contributed by atoms with Crippen molar-refractivity contribution in [3.63, 3.8) is 0 Å². The third-order valence-corrected chi connectivity index (χ3v) is 6.19. The van der Waals surface area contributed by atoms with Gasteiger partial charge in [0.15, 0.2) is 11.5 Å². The fourth-order valence-electron chi connectivity index (χ4n) is 3.12. The number of nitrogens with one attached hydrogen (secondary N) is 2. The highest BCUT2D eigenvalue weighted by Crippen LogP contribution is 2.37. The van der Waals surface area contributed by atoms with E-state index in [1.807, 2.05) is 26.0 Å². The molecular weight excluding hydrogens is 557 g/mol. The predicted molar refractivity (Wildman–Crippen MR) is 142 cm³/mol. The van der Waals surface area contributed by atoms with Crippen LogP contribution in [-0.4, -0.2) is 25.1 Å². The van der Waals surface area contributed by atoms with Gasteiger partial charge in [-0.1, -0.05) is 47.0 Å². The van der Waals surface area contributed by atoms with Gasteiger partial charge in [-0.3, -0.25) is 9.59 Å². The SMILES string of the molecule is COc1cc(/C=N/NC(=O)C(=O)Nc2ccc(C)cc2C)cc(Br)c1OCc1c(Cl)cccc1Cl. The molecule has 2 N–H and O–H groups in total. The summed E-state index contributed by atoms with van der Waals surface area (Å²) in [5.74, 6) is -0.862. The summed E-state index contributed by atoms with van der Waals surface area (Å²) >= 11 is 15.9. The summed E-state index contributed by atoms with van der Waals surface area (Å²) in [6, 6.07) is 14.1. The van der Waals surface area contributed by atoms with Crippen LogP contribution in [0.5, 0.6) is 11.5 Å². The monoisotopic (exact) mass is 577 g/mol. The Balaban J connectivity index is 1.65. The fourth-order valence-corrected chi connectivity index (χ4v) is 4.20. The summed E-state index contributed by atoms with van der Waals surface area (Å²) in [6.45, 7) is 3.92. The summed E-state index contributed by atoms with van der Waals surface area (Å²) in [7, 11) is 1.50. The molecule has 0 aliphatic rings. The fraction of sp³-hybridized carbons (Fsp3) is 0.160. The number of hydrogen-bond donors (Lipinski definition) is 2. The standard InChI is InChI=1S/C25H22BrCl2N3O4/c1-14-7-8-21(15(2)9-14)30-24(32)25(33)31-29-12-16-10-18(26)23(22(11-16)34-3)35-13-17-19(27)5-4-6-20(17)28/h4-12H,13H2,1-3H3,(H,30,32)(H,31,33)/b29-12+. The average molecular weight is 579 g/mol. The number of carbonyl (C=O) groups is 2. The maximum Gasteiger partial charge on any atom is 0.329 e. The molecule has 0 fully saturated rings. The minimum Gasteiger partial charge on any atom is -0.493 e. The number of halogens is 3. The van der Waals surface area contributed by atoms with Gasteiger partial charge in [0, 0.05) is 21.3 Å². The largest absolute Gasteiger partial charge is 0.493 e. The smallest absolute Gasteiger partial charge is 0.329 e. The molecule has 3 aromatic rings. The molecule has 10 heteroatoms. The van der Waals surface area contributed by atoms with Gasteiger partial charge >= 0.3 is 11.8 Å². The minimum atomic E-state index is -0.899. The molecule has 3 aromatic carbocycles. The second kappa shape index (κ2) is 12.1. The highest BCUT2D eigenvalue weighted by atomic mass is 79.9. The first kappa shape index (κ1) is 26.5. The Kier molecular flexibility index (Phi) is 9.14. The van der Waals surface area contributed by atoms with Gasteiger partial charge < -0.3 is 14.8 Å². The molecule has 0 heterocycles. The van der Waals surface area contributed by atoms with Crippen molar-refractivity contribution in [3.8, 4) is 11.5 Å². The first-order valence-corrected chi connectivity index (χ1v) is 11.9. The lowest BCUT2D eigenvalue weighted by Gasteiger charge is -2.14. The van der Waals surface area contributed by atoms with E-state index in [0.717, 1.165) is 11.1 Å². The van der Waals surface area contributed by atoms with Crippen LogP contribution in [0.2, 0.25) is 10.0 Å². The van der Waals surface area contributed by atoms with Gasteiger partial charge in [-0.05, 0) is 71.2 Å². The van der Waals surface area contributed by atoms with Crippen molar-refractivity contribution < 1.29 is 19.1 Å². The lowest BCUT2D eigenvalue weighted by atomic mass is 10.1. The molecule has 0 spiro atoms. The second-order valence-electron chi connectivity index (χ2n) is 7.49. The summed E-state index contributed by atoms with van der Waals surface area (Å²) < 4.78 is 11.9. The van der Waals surface area contributed by atoms with Crippen molar-refractivity contribution in [1.29, 1.82) is 0 Å². The first-order valence-electron chi connectivity index (χ1n) is 10.3. The normalized spacial score (nSPS) is 10.8. The van der Waals surface area contributed by atoms with E-state index in [2.05, 4.69) is 31.8 Å². The predicted octanol–water partition coefficient (Wildman–Crippen LogP) is 6.05. The highest BCUT2D eigenvalue weighted by Gasteiger charge is 2.15. The third kappa shape index (κ3) is 6.97. The molecule has 0 aliphatic heterocycles. The zero-order chi connectivity index (χ0) is 25.5. The molecule has 0 atom stereocenters. The van der Waals surface area contributed by atoms with E-state index in [0.29, 0.717) is 42.8 Å². The van der Waals surface area contributed by atoms with E-state index in [9.17, 15) is 9.59 Å². The molecule has 0 aliphatic carbocycles. The Morgan fingerprint density at radius 2 is 1.77 bits per heavy atom. The zero-order valence-electron chi connectivity index (χ0n) is 19.1. The number of anilines is 1. The van der Waals surface area contributed by atoms with Crippen LogP contribution in [0.1, 0.15) is 22.3 Å². The molecule has 2 amide bonds. The topological polar surface area (TPSA) is 89.0 Å². The summed E-state index contributed by atoms with van der Waals surface area (Å²) in [4.78, 5) is 24.3. The van der Waals surface area contributed by atoms with Gasteiger partial charge in [-0.25, -0.2) is 5.43 Å². The van der Waals surface area contributed by atoms with Crippen LogP contribution >= 0.6 is 39.1 Å². The summed E-state index contributed by atoms with van der Waals surface area (Å²) in [5.41, 5.74) is 5.92. The van der Waals surface area contributed by atoms with E-state index >= 15 is 0 Å². The van der Waals surface area contributed by atoms with Crippen molar-refractivity contribution >= 4 is 62.8 Å². The van der Waals surface area contributed by atoms with E-state index in [1.54, 1.807) is 36.4 Å². The summed E-state index contributed by atoms with van der Waals surface area (Å²) in [5, 5.41) is 7.42. The molecule has 7 nitrogen and oxygen atoms in total. The average Bonchev–Trinajstić information content (AvgIpc) is 2.81. The van der Waals surface area contributed by atoms with Crippen molar-refractivity contribution in [3.05, 3.63) is 85.3 Å². The van der Waals surface area contributed by atoms with Crippen LogP contribution in [0.4, 0.5) is 5.69 Å². The number of ether oxygens (including phenoxy) is 2. The van der Waals surface area contributed by atoms with Crippen LogP contribution < -0.4 is 20.2 Å². The van der Waals surface area contributed by atoms with E-state index in [-0.39, 0.29) is 6.61 Å². The minimum absolute atomic E-state index is 0.131. The van der Waals surface area contributed by atoms with Crippen LogP contribution in [0.15, 0.2) is 58.1 Å². The highest BCUT2D eigenvalue weighted by molar-refractivity contribution is 9.10. The number of nitrogens with zero attached hydrogens (tertiary/aromatic N) is 1. The maximum atomic E-state index is 12.2. The second-order valence-corrected chi connectivity index (χ2v) is 9.16. The number of methoxy groups -OCH3 is 1. The van der Waals surface area contributed by atoms with Gasteiger partial charge in [0.1, 0.15) is 6.61 Å². The van der Waals surface area contributed by atoms with Gasteiger partial charge in [0.25, 0.3) is 0 Å². The Morgan fingerprint density at radius 1 is 1.06 bits per heavy atom. The lowest BCUT2D eigenvalue weighted by molar-refractivity contribution is -0.136. The summed E-state index contributed by atoms with van der Waals surface area (Å²) in [6.07, 6.45) is 1.38. The molecule has 0 aromatic heterocycles.